The van der Waals surface area contributed by atoms with Crippen LogP contribution in [0.15, 0.2) is 47.6 Å². The van der Waals surface area contributed by atoms with E-state index >= 15 is 0 Å². The summed E-state index contributed by atoms with van der Waals surface area (Å²) in [6.07, 6.45) is 1.25. The molecule has 3 N–H and O–H groups in total. The lowest BCUT2D eigenvalue weighted by molar-refractivity contribution is -0.120. The number of halogens is 2. The van der Waals surface area contributed by atoms with E-state index in [-0.39, 0.29) is 12.3 Å². The molecule has 0 unspecified atom stereocenters. The first-order chi connectivity index (χ1) is 13.0. The maximum Gasteiger partial charge on any atom is 0.263 e. The number of fused-ring (bicyclic) bond motifs is 1. The second-order valence-corrected chi connectivity index (χ2v) is 7.29. The second kappa shape index (κ2) is 8.39. The van der Waals surface area contributed by atoms with E-state index in [1.807, 2.05) is 24.3 Å². The summed E-state index contributed by atoms with van der Waals surface area (Å²) >= 11 is 13.3. The third-order valence-electron chi connectivity index (χ3n) is 3.53. The zero-order valence-electron chi connectivity index (χ0n) is 13.7. The molecular weight excluding hydrogens is 409 g/mol. The van der Waals surface area contributed by atoms with Gasteiger partial charge in [0.05, 0.1) is 17.8 Å². The molecule has 0 spiro atoms. The van der Waals surface area contributed by atoms with Crippen molar-refractivity contribution in [2.24, 2.45) is 5.10 Å². The molecule has 0 saturated heterocycles. The smallest absolute Gasteiger partial charge is 0.263 e. The number of phenols is 1. The summed E-state index contributed by atoms with van der Waals surface area (Å²) in [7, 11) is 0. The van der Waals surface area contributed by atoms with Crippen molar-refractivity contribution in [1.29, 1.82) is 0 Å². The lowest BCUT2D eigenvalue weighted by Crippen LogP contribution is -2.34. The van der Waals surface area contributed by atoms with E-state index in [0.29, 0.717) is 20.5 Å². The first kappa shape index (κ1) is 19.2. The van der Waals surface area contributed by atoms with Crippen molar-refractivity contribution in [1.82, 2.24) is 10.7 Å². The van der Waals surface area contributed by atoms with E-state index in [1.165, 1.54) is 35.8 Å². The van der Waals surface area contributed by atoms with Crippen LogP contribution in [-0.2, 0) is 4.79 Å². The molecule has 3 rings (SSSR count). The summed E-state index contributed by atoms with van der Waals surface area (Å²) in [5.41, 5.74) is 2.61. The minimum atomic E-state index is -0.529. The number of aromatic hydroxyl groups is 1. The lowest BCUT2D eigenvalue weighted by atomic mass is 10.2. The normalized spacial score (nSPS) is 11.0. The molecule has 0 atom stereocenters. The number of hydrogen-bond donors (Lipinski definition) is 3. The van der Waals surface area contributed by atoms with E-state index in [2.05, 4.69) is 15.8 Å². The molecule has 0 aliphatic rings. The first-order valence-electron chi connectivity index (χ1n) is 7.71. The molecule has 0 aliphatic heterocycles. The number of phenolic OH excluding ortho intramolecular Hbond substituents is 1. The lowest BCUT2D eigenvalue weighted by Gasteiger charge is -2.03. The van der Waals surface area contributed by atoms with Gasteiger partial charge in [-0.25, -0.2) is 5.43 Å². The Kier molecular flexibility index (Phi) is 5.95. The Balaban J connectivity index is 1.57. The van der Waals surface area contributed by atoms with Gasteiger partial charge in [-0.2, -0.15) is 5.10 Å². The van der Waals surface area contributed by atoms with Crippen LogP contribution in [0.4, 0.5) is 0 Å². The molecule has 0 aliphatic carbocycles. The number of rotatable bonds is 5. The highest BCUT2D eigenvalue weighted by Gasteiger charge is 2.17. The predicted molar refractivity (Wildman–Crippen MR) is 108 cm³/mol. The van der Waals surface area contributed by atoms with Gasteiger partial charge in [-0.05, 0) is 24.3 Å². The Hall–Kier alpha value is -2.61. The molecule has 0 saturated carbocycles. The summed E-state index contributed by atoms with van der Waals surface area (Å²) in [5.74, 6) is -0.990. The van der Waals surface area contributed by atoms with Crippen molar-refractivity contribution in [2.45, 2.75) is 0 Å². The number of nitrogens with zero attached hydrogens (tertiary/aromatic N) is 1. The van der Waals surface area contributed by atoms with Gasteiger partial charge in [0.1, 0.15) is 10.6 Å². The maximum absolute atomic E-state index is 12.3. The van der Waals surface area contributed by atoms with Crippen LogP contribution in [0.1, 0.15) is 15.2 Å². The van der Waals surface area contributed by atoms with Crippen molar-refractivity contribution in [3.8, 4) is 5.75 Å². The maximum atomic E-state index is 12.3. The van der Waals surface area contributed by atoms with Crippen LogP contribution in [0.5, 0.6) is 5.75 Å². The average Bonchev–Trinajstić information content (AvgIpc) is 3.00. The van der Waals surface area contributed by atoms with Crippen molar-refractivity contribution in [3.63, 3.8) is 0 Å². The van der Waals surface area contributed by atoms with Crippen LogP contribution in [0.3, 0.4) is 0 Å². The van der Waals surface area contributed by atoms with Gasteiger partial charge in [-0.15, -0.1) is 11.3 Å². The van der Waals surface area contributed by atoms with Gasteiger partial charge >= 0.3 is 0 Å². The van der Waals surface area contributed by atoms with Gasteiger partial charge in [-0.1, -0.05) is 41.4 Å². The Bertz CT molecular complexity index is 1050. The van der Waals surface area contributed by atoms with Crippen LogP contribution in [0, 0.1) is 0 Å². The van der Waals surface area contributed by atoms with E-state index in [1.54, 1.807) is 0 Å². The largest absolute Gasteiger partial charge is 0.507 e. The summed E-state index contributed by atoms with van der Waals surface area (Å²) < 4.78 is 0.892. The standard InChI is InChI=1S/C18H13Cl2N3O3S/c19-11-5-6-13(24)10(7-11)8-22-23-15(25)9-21-18(26)17-16(20)12-3-1-2-4-14(12)27-17/h1-8,24H,9H2,(H,21,26)(H,23,25)/b22-8+. The molecule has 27 heavy (non-hydrogen) atoms. The fourth-order valence-corrected chi connectivity index (χ4v) is 3.86. The molecule has 1 aromatic heterocycles. The van der Waals surface area contributed by atoms with Crippen molar-refractivity contribution >= 4 is 62.7 Å². The Morgan fingerprint density at radius 3 is 2.74 bits per heavy atom. The predicted octanol–water partition coefficient (Wildman–Crippen LogP) is 3.79. The topological polar surface area (TPSA) is 90.8 Å². The zero-order chi connectivity index (χ0) is 19.4. The highest BCUT2D eigenvalue weighted by molar-refractivity contribution is 7.21. The Morgan fingerprint density at radius 1 is 1.19 bits per heavy atom. The molecule has 0 bridgehead atoms. The van der Waals surface area contributed by atoms with Gasteiger partial charge in [-0.3, -0.25) is 9.59 Å². The number of benzene rings is 2. The average molecular weight is 422 g/mol. The van der Waals surface area contributed by atoms with E-state index in [0.717, 1.165) is 10.1 Å². The number of hydrogen-bond acceptors (Lipinski definition) is 5. The summed E-state index contributed by atoms with van der Waals surface area (Å²) in [5, 5.41) is 17.5. The molecule has 2 amide bonds. The first-order valence-corrected chi connectivity index (χ1v) is 9.28. The number of thiophene rings is 1. The number of carbonyl (C=O) groups excluding carboxylic acids is 2. The van der Waals surface area contributed by atoms with Crippen LogP contribution in [-0.4, -0.2) is 29.7 Å². The van der Waals surface area contributed by atoms with Crippen molar-refractivity contribution < 1.29 is 14.7 Å². The van der Waals surface area contributed by atoms with Gasteiger partial charge in [0, 0.05) is 20.7 Å². The molecular formula is C18H13Cl2N3O3S. The number of hydrazone groups is 1. The number of amides is 2. The molecule has 138 valence electrons. The van der Waals surface area contributed by atoms with E-state index < -0.39 is 11.8 Å². The number of nitrogens with one attached hydrogen (secondary N) is 2. The minimum Gasteiger partial charge on any atom is -0.507 e. The van der Waals surface area contributed by atoms with Gasteiger partial charge in [0.25, 0.3) is 11.8 Å². The molecule has 3 aromatic rings. The third-order valence-corrected chi connectivity index (χ3v) is 5.44. The molecule has 9 heteroatoms. The van der Waals surface area contributed by atoms with Gasteiger partial charge in [0.2, 0.25) is 0 Å². The Morgan fingerprint density at radius 2 is 1.96 bits per heavy atom. The second-order valence-electron chi connectivity index (χ2n) is 5.42. The van der Waals surface area contributed by atoms with Crippen molar-refractivity contribution in [2.75, 3.05) is 6.54 Å². The third kappa shape index (κ3) is 4.57. The molecule has 2 aromatic carbocycles. The van der Waals surface area contributed by atoms with Gasteiger partial charge in [0.15, 0.2) is 0 Å². The fraction of sp³-hybridized carbons (Fsp3) is 0.0556. The van der Waals surface area contributed by atoms with E-state index in [9.17, 15) is 14.7 Å². The quantitative estimate of drug-likeness (QED) is 0.432. The van der Waals surface area contributed by atoms with Crippen LogP contribution in [0.2, 0.25) is 10.0 Å². The molecule has 1 heterocycles. The van der Waals surface area contributed by atoms with Crippen LogP contribution in [0.25, 0.3) is 10.1 Å². The van der Waals surface area contributed by atoms with Gasteiger partial charge < -0.3 is 10.4 Å². The summed E-state index contributed by atoms with van der Waals surface area (Å²) in [6, 6.07) is 11.8. The van der Waals surface area contributed by atoms with Crippen molar-refractivity contribution in [3.05, 3.63) is 63.0 Å². The summed E-state index contributed by atoms with van der Waals surface area (Å²) in [4.78, 5) is 24.4. The highest BCUT2D eigenvalue weighted by atomic mass is 35.5. The zero-order valence-corrected chi connectivity index (χ0v) is 16.0. The Labute approximate surface area is 168 Å². The van der Waals surface area contributed by atoms with Crippen LogP contribution < -0.4 is 10.7 Å². The monoisotopic (exact) mass is 421 g/mol. The number of carbonyl (C=O) groups is 2. The fourth-order valence-electron chi connectivity index (χ4n) is 2.24. The minimum absolute atomic E-state index is 0.0231. The van der Waals surface area contributed by atoms with Crippen LogP contribution >= 0.6 is 34.5 Å². The molecule has 6 nitrogen and oxygen atoms in total. The highest BCUT2D eigenvalue weighted by Crippen LogP contribution is 2.34. The van der Waals surface area contributed by atoms with E-state index in [4.69, 9.17) is 23.2 Å². The molecule has 0 radical (unpaired) electrons. The SMILES string of the molecule is O=C(CNC(=O)c1sc2ccccc2c1Cl)N/N=C/c1cc(Cl)ccc1O. The molecule has 0 fully saturated rings. The summed E-state index contributed by atoms with van der Waals surface area (Å²) in [6.45, 7) is -0.276.